The molecule has 1 atom stereocenters. The maximum absolute atomic E-state index is 13.9. The van der Waals surface area contributed by atoms with Crippen LogP contribution in [0.4, 0.5) is 24.8 Å². The summed E-state index contributed by atoms with van der Waals surface area (Å²) in [6.07, 6.45) is -2.57. The van der Waals surface area contributed by atoms with Gasteiger partial charge in [0.15, 0.2) is 0 Å². The fourth-order valence-electron chi connectivity index (χ4n) is 5.46. The van der Waals surface area contributed by atoms with E-state index in [1.165, 1.54) is 6.07 Å². The molecule has 3 N–H and O–H groups in total. The minimum atomic E-state index is -4.64. The van der Waals surface area contributed by atoms with Crippen LogP contribution in [0.1, 0.15) is 32.3 Å². The summed E-state index contributed by atoms with van der Waals surface area (Å²) in [5.41, 5.74) is 4.41. The Hall–Kier alpha value is -2.89. The van der Waals surface area contributed by atoms with E-state index in [1.807, 2.05) is 13.8 Å². The van der Waals surface area contributed by atoms with Gasteiger partial charge in [0.2, 0.25) is 0 Å². The van der Waals surface area contributed by atoms with Crippen molar-refractivity contribution in [2.75, 3.05) is 50.4 Å². The smallest absolute Gasteiger partial charge is 0.418 e. The van der Waals surface area contributed by atoms with Crippen molar-refractivity contribution in [3.63, 3.8) is 0 Å². The highest BCUT2D eigenvalue weighted by molar-refractivity contribution is 6.34. The van der Waals surface area contributed by atoms with Gasteiger partial charge in [0.25, 0.3) is 0 Å². The molecule has 0 unspecified atom stereocenters. The van der Waals surface area contributed by atoms with Crippen LogP contribution in [0.2, 0.25) is 5.02 Å². The lowest BCUT2D eigenvalue weighted by Crippen LogP contribution is -2.48. The number of piperazine rings is 1. The number of rotatable bonds is 5. The predicted octanol–water partition coefficient (Wildman–Crippen LogP) is 4.61. The number of hydrogen-bond donors (Lipinski definition) is 2. The zero-order valence-electron chi connectivity index (χ0n) is 21.6. The molecule has 204 valence electrons. The van der Waals surface area contributed by atoms with E-state index in [9.17, 15) is 13.2 Å². The van der Waals surface area contributed by atoms with Crippen LogP contribution < -0.4 is 20.7 Å². The van der Waals surface area contributed by atoms with E-state index < -0.39 is 17.3 Å². The summed E-state index contributed by atoms with van der Waals surface area (Å²) in [5.74, 6) is 0.590. The topological polar surface area (TPSA) is 92.4 Å². The van der Waals surface area contributed by atoms with E-state index in [0.29, 0.717) is 29.8 Å². The number of nitrogens with zero attached hydrogens (tertiary/aromatic N) is 5. The number of benzene rings is 1. The number of fused-ring (bicyclic) bond motifs is 1. The summed E-state index contributed by atoms with van der Waals surface area (Å²) in [4.78, 5) is 17.8. The Morgan fingerprint density at radius 1 is 1.08 bits per heavy atom. The van der Waals surface area contributed by atoms with Crippen molar-refractivity contribution in [3.05, 3.63) is 34.9 Å². The summed E-state index contributed by atoms with van der Waals surface area (Å²) in [6, 6.07) is 5.51. The van der Waals surface area contributed by atoms with Crippen molar-refractivity contribution in [3.8, 4) is 17.3 Å². The van der Waals surface area contributed by atoms with Crippen molar-refractivity contribution < 1.29 is 17.9 Å². The normalized spacial score (nSPS) is 19.3. The number of ether oxygens (including phenoxy) is 1. The van der Waals surface area contributed by atoms with Crippen LogP contribution in [-0.4, -0.2) is 71.3 Å². The first-order valence-electron chi connectivity index (χ1n) is 12.6. The number of aromatic nitrogens is 3. The van der Waals surface area contributed by atoms with Gasteiger partial charge in [0.05, 0.1) is 21.8 Å². The number of nitrogens with two attached hydrogens (primary N) is 1. The highest BCUT2D eigenvalue weighted by Crippen LogP contribution is 2.41. The number of nitrogens with one attached hydrogen (secondary N) is 1. The van der Waals surface area contributed by atoms with E-state index in [0.717, 1.165) is 44.6 Å². The maximum atomic E-state index is 13.9. The standard InChI is InChI=1S/C26H31ClF3N7O/c1-25(2,20-5-4-10-36(20)3)38-24-33-19-14-15(22-17(26(28,29)30)6-7-21(31)34-22)18(27)13-16(19)23(35-24)37-11-8-32-9-12-37/h6-7,13-14,20,32H,4-5,8-12H2,1-3H3,(H2,31,34)/t20-/m0/s1. The third kappa shape index (κ3) is 5.19. The second-order valence-corrected chi connectivity index (χ2v) is 10.8. The van der Waals surface area contributed by atoms with Crippen LogP contribution in [-0.2, 0) is 6.18 Å². The molecule has 5 rings (SSSR count). The molecule has 2 aliphatic rings. The number of alkyl halides is 3. The average Bonchev–Trinajstić information content (AvgIpc) is 3.30. The number of hydrogen-bond acceptors (Lipinski definition) is 8. The SMILES string of the molecule is CN1CCC[C@H]1C(C)(C)Oc1nc(N2CCNCC2)c2cc(Cl)c(-c3nc(N)ccc3C(F)(F)F)cc2n1. The summed E-state index contributed by atoms with van der Waals surface area (Å²) in [7, 11) is 2.07. The van der Waals surface area contributed by atoms with Crippen LogP contribution >= 0.6 is 11.6 Å². The second-order valence-electron chi connectivity index (χ2n) is 10.4. The van der Waals surface area contributed by atoms with Gasteiger partial charge in [-0.3, -0.25) is 4.90 Å². The largest absolute Gasteiger partial charge is 0.456 e. The molecule has 8 nitrogen and oxygen atoms in total. The molecule has 3 aromatic rings. The third-order valence-corrected chi connectivity index (χ3v) is 7.63. The molecule has 0 aliphatic carbocycles. The first kappa shape index (κ1) is 26.7. The van der Waals surface area contributed by atoms with Crippen LogP contribution in [0.3, 0.4) is 0 Å². The molecule has 2 aliphatic heterocycles. The summed E-state index contributed by atoms with van der Waals surface area (Å²) >= 11 is 6.60. The van der Waals surface area contributed by atoms with Gasteiger partial charge in [-0.05, 0) is 64.5 Å². The molecule has 0 spiro atoms. The second kappa shape index (κ2) is 10.0. The Morgan fingerprint density at radius 3 is 2.47 bits per heavy atom. The lowest BCUT2D eigenvalue weighted by Gasteiger charge is -2.36. The first-order valence-corrected chi connectivity index (χ1v) is 13.0. The van der Waals surface area contributed by atoms with E-state index in [1.54, 1.807) is 6.07 Å². The van der Waals surface area contributed by atoms with Crippen LogP contribution in [0.25, 0.3) is 22.2 Å². The van der Waals surface area contributed by atoms with Crippen LogP contribution in [0.5, 0.6) is 6.01 Å². The summed E-state index contributed by atoms with van der Waals surface area (Å²) in [6.45, 7) is 7.96. The number of nitrogen functional groups attached to an aromatic ring is 1. The molecule has 12 heteroatoms. The molecule has 0 saturated carbocycles. The molecule has 1 aromatic carbocycles. The Labute approximate surface area is 224 Å². The Bertz CT molecular complexity index is 1340. The summed E-state index contributed by atoms with van der Waals surface area (Å²) in [5, 5.41) is 4.05. The van der Waals surface area contributed by atoms with Gasteiger partial charge in [-0.25, -0.2) is 4.98 Å². The Morgan fingerprint density at radius 2 is 1.82 bits per heavy atom. The minimum Gasteiger partial charge on any atom is -0.456 e. The van der Waals surface area contributed by atoms with E-state index in [2.05, 4.69) is 32.1 Å². The monoisotopic (exact) mass is 549 g/mol. The van der Waals surface area contributed by atoms with Crippen LogP contribution in [0, 0.1) is 0 Å². The lowest BCUT2D eigenvalue weighted by molar-refractivity contribution is -0.137. The quantitative estimate of drug-likeness (QED) is 0.477. The fourth-order valence-corrected chi connectivity index (χ4v) is 5.71. The van der Waals surface area contributed by atoms with E-state index in [-0.39, 0.29) is 34.2 Å². The van der Waals surface area contributed by atoms with Gasteiger partial charge < -0.3 is 20.7 Å². The van der Waals surface area contributed by atoms with E-state index in [4.69, 9.17) is 27.1 Å². The summed E-state index contributed by atoms with van der Waals surface area (Å²) < 4.78 is 48.0. The molecule has 0 radical (unpaired) electrons. The van der Waals surface area contributed by atoms with Gasteiger partial charge in [-0.1, -0.05) is 11.6 Å². The average molecular weight is 550 g/mol. The number of pyridine rings is 1. The fraction of sp³-hybridized carbons (Fsp3) is 0.500. The molecule has 0 amide bonds. The molecule has 4 heterocycles. The van der Waals surface area contributed by atoms with Crippen molar-refractivity contribution >= 4 is 34.1 Å². The van der Waals surface area contributed by atoms with Gasteiger partial charge >= 0.3 is 12.2 Å². The molecular formula is C26H31ClF3N7O. The van der Waals surface area contributed by atoms with Gasteiger partial charge in [-0.2, -0.15) is 23.1 Å². The van der Waals surface area contributed by atoms with Crippen molar-refractivity contribution in [2.45, 2.75) is 44.5 Å². The highest BCUT2D eigenvalue weighted by Gasteiger charge is 2.39. The minimum absolute atomic E-state index is 0.0418. The third-order valence-electron chi connectivity index (χ3n) is 7.32. The number of likely N-dealkylation sites (N-methyl/N-ethyl adjacent to an activating group) is 1. The lowest BCUT2D eigenvalue weighted by atomic mass is 9.96. The van der Waals surface area contributed by atoms with Crippen molar-refractivity contribution in [1.82, 2.24) is 25.2 Å². The van der Waals surface area contributed by atoms with Gasteiger partial charge in [0.1, 0.15) is 17.2 Å². The van der Waals surface area contributed by atoms with Crippen molar-refractivity contribution in [2.24, 2.45) is 0 Å². The molecule has 2 aromatic heterocycles. The molecular weight excluding hydrogens is 519 g/mol. The highest BCUT2D eigenvalue weighted by atomic mass is 35.5. The number of anilines is 2. The molecule has 38 heavy (non-hydrogen) atoms. The maximum Gasteiger partial charge on any atom is 0.418 e. The molecule has 0 bridgehead atoms. The predicted molar refractivity (Wildman–Crippen MR) is 143 cm³/mol. The Balaban J connectivity index is 1.66. The first-order chi connectivity index (χ1) is 17.9. The van der Waals surface area contributed by atoms with Gasteiger partial charge in [0, 0.05) is 43.2 Å². The van der Waals surface area contributed by atoms with Crippen LogP contribution in [0.15, 0.2) is 24.3 Å². The zero-order valence-corrected chi connectivity index (χ0v) is 22.3. The van der Waals surface area contributed by atoms with Crippen molar-refractivity contribution in [1.29, 1.82) is 0 Å². The molecule has 2 saturated heterocycles. The van der Waals surface area contributed by atoms with E-state index >= 15 is 0 Å². The molecule has 2 fully saturated rings. The number of likely N-dealkylation sites (tertiary alicyclic amines) is 1. The van der Waals surface area contributed by atoms with Gasteiger partial charge in [-0.15, -0.1) is 0 Å². The zero-order chi connectivity index (χ0) is 27.2. The number of halogens is 4. The Kier molecular flexibility index (Phi) is 7.04.